The van der Waals surface area contributed by atoms with Gasteiger partial charge in [0.25, 0.3) is 0 Å². The summed E-state index contributed by atoms with van der Waals surface area (Å²) in [7, 11) is 0. The fourth-order valence-corrected chi connectivity index (χ4v) is 0.270. The standard InChI is InChI=1S/C4H6O6.C3H7N/c5-1(3(7)8)2(6)4(9)10;1-2-3-4/h1-2,5-6H,(H,7,8)(H,9,10);2-3H,4H2,1H3. The van der Waals surface area contributed by atoms with Gasteiger partial charge in [0, 0.05) is 0 Å². The second kappa shape index (κ2) is 8.02. The molecule has 0 spiro atoms. The Kier molecular flexibility index (Phi) is 8.53. The van der Waals surface area contributed by atoms with E-state index in [0.29, 0.717) is 0 Å². The predicted octanol–water partition coefficient (Wildman–Crippen LogP) is -1.64. The first-order valence-corrected chi connectivity index (χ1v) is 3.53. The zero-order valence-electron chi connectivity index (χ0n) is 7.49. The average Bonchev–Trinajstić information content (AvgIpc) is 2.15. The summed E-state index contributed by atoms with van der Waals surface area (Å²) in [5.74, 6) is -3.54. The van der Waals surface area contributed by atoms with Crippen LogP contribution in [0.15, 0.2) is 12.3 Å². The van der Waals surface area contributed by atoms with Crippen molar-refractivity contribution in [3.05, 3.63) is 12.3 Å². The van der Waals surface area contributed by atoms with Crippen LogP contribution in [0.3, 0.4) is 0 Å². The highest BCUT2D eigenvalue weighted by atomic mass is 16.4. The molecule has 0 rings (SSSR count). The normalized spacial score (nSPS) is 13.9. The number of aliphatic hydroxyl groups is 2. The SMILES string of the molecule is CC=CN.O=C(O)C(O)C(O)C(=O)O. The highest BCUT2D eigenvalue weighted by Crippen LogP contribution is 1.92. The molecule has 14 heavy (non-hydrogen) atoms. The number of aliphatic hydroxyl groups excluding tert-OH is 2. The molecule has 0 bridgehead atoms. The zero-order chi connectivity index (χ0) is 11.7. The molecule has 2 unspecified atom stereocenters. The van der Waals surface area contributed by atoms with Crippen LogP contribution in [0.4, 0.5) is 0 Å². The summed E-state index contributed by atoms with van der Waals surface area (Å²) in [5.41, 5.74) is 4.85. The number of allylic oxidation sites excluding steroid dienone is 1. The van der Waals surface area contributed by atoms with Crippen molar-refractivity contribution >= 4 is 11.9 Å². The number of carbonyl (C=O) groups is 2. The number of hydrogen-bond acceptors (Lipinski definition) is 5. The third kappa shape index (κ3) is 7.07. The minimum atomic E-state index is -2.27. The van der Waals surface area contributed by atoms with Crippen LogP contribution in [0, 0.1) is 0 Å². The molecule has 0 radical (unpaired) electrons. The highest BCUT2D eigenvalue weighted by molar-refractivity contribution is 5.83. The maximum Gasteiger partial charge on any atom is 0.335 e. The van der Waals surface area contributed by atoms with Crippen LogP contribution < -0.4 is 5.73 Å². The molecular weight excluding hydrogens is 194 g/mol. The lowest BCUT2D eigenvalue weighted by Gasteiger charge is -2.07. The van der Waals surface area contributed by atoms with Crippen molar-refractivity contribution in [3.63, 3.8) is 0 Å². The maximum absolute atomic E-state index is 9.77. The van der Waals surface area contributed by atoms with Crippen molar-refractivity contribution in [3.8, 4) is 0 Å². The van der Waals surface area contributed by atoms with E-state index in [1.54, 1.807) is 6.08 Å². The van der Waals surface area contributed by atoms with E-state index >= 15 is 0 Å². The third-order valence-electron chi connectivity index (χ3n) is 0.998. The smallest absolute Gasteiger partial charge is 0.335 e. The lowest BCUT2D eigenvalue weighted by atomic mass is 10.2. The Morgan fingerprint density at radius 1 is 1.14 bits per heavy atom. The van der Waals surface area contributed by atoms with Crippen molar-refractivity contribution in [2.45, 2.75) is 19.1 Å². The van der Waals surface area contributed by atoms with Crippen LogP contribution >= 0.6 is 0 Å². The molecule has 0 fully saturated rings. The quantitative estimate of drug-likeness (QED) is 0.373. The van der Waals surface area contributed by atoms with Crippen LogP contribution in [0.25, 0.3) is 0 Å². The van der Waals surface area contributed by atoms with Gasteiger partial charge in [-0.05, 0) is 13.1 Å². The molecule has 0 aliphatic carbocycles. The van der Waals surface area contributed by atoms with Gasteiger partial charge in [-0.3, -0.25) is 0 Å². The lowest BCUT2D eigenvalue weighted by Crippen LogP contribution is -2.39. The van der Waals surface area contributed by atoms with Crippen molar-refractivity contribution in [1.29, 1.82) is 0 Å². The molecular formula is C7H13NO6. The molecule has 2 atom stereocenters. The molecule has 0 aromatic carbocycles. The lowest BCUT2D eigenvalue weighted by molar-refractivity contribution is -0.165. The van der Waals surface area contributed by atoms with Crippen molar-refractivity contribution in [1.82, 2.24) is 0 Å². The monoisotopic (exact) mass is 207 g/mol. The number of carboxylic acid groups (broad SMARTS) is 2. The predicted molar refractivity (Wildman–Crippen MR) is 46.3 cm³/mol. The van der Waals surface area contributed by atoms with Gasteiger partial charge >= 0.3 is 11.9 Å². The van der Waals surface area contributed by atoms with Crippen LogP contribution in [-0.4, -0.2) is 44.6 Å². The molecule has 0 aromatic rings. The van der Waals surface area contributed by atoms with E-state index in [9.17, 15) is 9.59 Å². The Morgan fingerprint density at radius 2 is 1.36 bits per heavy atom. The van der Waals surface area contributed by atoms with Gasteiger partial charge in [-0.1, -0.05) is 6.08 Å². The third-order valence-corrected chi connectivity index (χ3v) is 0.998. The Hall–Kier alpha value is -1.60. The van der Waals surface area contributed by atoms with E-state index in [1.807, 2.05) is 6.92 Å². The summed E-state index contributed by atoms with van der Waals surface area (Å²) in [6.07, 6.45) is -1.25. The largest absolute Gasteiger partial charge is 0.479 e. The van der Waals surface area contributed by atoms with E-state index in [1.165, 1.54) is 6.20 Å². The van der Waals surface area contributed by atoms with Crippen LogP contribution in [0.5, 0.6) is 0 Å². The number of nitrogens with two attached hydrogens (primary N) is 1. The number of carboxylic acids is 2. The number of aliphatic carboxylic acids is 2. The minimum Gasteiger partial charge on any atom is -0.479 e. The first-order chi connectivity index (χ1) is 6.38. The van der Waals surface area contributed by atoms with Crippen molar-refractivity contribution in [2.24, 2.45) is 5.73 Å². The van der Waals surface area contributed by atoms with E-state index in [4.69, 9.17) is 26.2 Å². The minimum absolute atomic E-state index is 1.50. The second-order valence-corrected chi connectivity index (χ2v) is 2.09. The first kappa shape index (κ1) is 14.9. The summed E-state index contributed by atoms with van der Waals surface area (Å²) >= 11 is 0. The molecule has 6 N–H and O–H groups in total. The van der Waals surface area contributed by atoms with E-state index in [2.05, 4.69) is 0 Å². The second-order valence-electron chi connectivity index (χ2n) is 2.09. The van der Waals surface area contributed by atoms with Gasteiger partial charge in [-0.2, -0.15) is 0 Å². The van der Waals surface area contributed by atoms with Crippen LogP contribution in [-0.2, 0) is 9.59 Å². The van der Waals surface area contributed by atoms with Crippen molar-refractivity contribution < 1.29 is 30.0 Å². The maximum atomic E-state index is 9.77. The van der Waals surface area contributed by atoms with Gasteiger partial charge < -0.3 is 26.2 Å². The summed E-state index contributed by atoms with van der Waals surface area (Å²) in [5, 5.41) is 32.5. The van der Waals surface area contributed by atoms with E-state index < -0.39 is 24.1 Å². The Morgan fingerprint density at radius 3 is 1.43 bits per heavy atom. The molecule has 0 saturated carbocycles. The molecule has 0 amide bonds. The molecule has 7 nitrogen and oxygen atoms in total. The van der Waals surface area contributed by atoms with Gasteiger partial charge in [0.05, 0.1) is 0 Å². The molecule has 0 aliphatic heterocycles. The molecule has 7 heteroatoms. The summed E-state index contributed by atoms with van der Waals surface area (Å²) in [6, 6.07) is 0. The number of hydrogen-bond donors (Lipinski definition) is 5. The molecule has 0 aromatic heterocycles. The van der Waals surface area contributed by atoms with E-state index in [-0.39, 0.29) is 0 Å². The van der Waals surface area contributed by atoms with Gasteiger partial charge in [-0.15, -0.1) is 0 Å². The molecule has 0 aliphatic rings. The van der Waals surface area contributed by atoms with Crippen molar-refractivity contribution in [2.75, 3.05) is 0 Å². The molecule has 0 heterocycles. The zero-order valence-corrected chi connectivity index (χ0v) is 7.49. The number of rotatable bonds is 3. The van der Waals surface area contributed by atoms with Crippen LogP contribution in [0.1, 0.15) is 6.92 Å². The fraction of sp³-hybridized carbons (Fsp3) is 0.429. The Bertz CT molecular complexity index is 192. The summed E-state index contributed by atoms with van der Waals surface area (Å²) in [6.45, 7) is 1.88. The molecule has 0 saturated heterocycles. The van der Waals surface area contributed by atoms with Crippen LogP contribution in [0.2, 0.25) is 0 Å². The summed E-state index contributed by atoms with van der Waals surface area (Å²) < 4.78 is 0. The topological polar surface area (TPSA) is 141 Å². The highest BCUT2D eigenvalue weighted by Gasteiger charge is 2.29. The summed E-state index contributed by atoms with van der Waals surface area (Å²) in [4.78, 5) is 19.5. The van der Waals surface area contributed by atoms with E-state index in [0.717, 1.165) is 0 Å². The van der Waals surface area contributed by atoms with Gasteiger partial charge in [0.2, 0.25) is 0 Å². The Labute approximate surface area is 80.1 Å². The van der Waals surface area contributed by atoms with Gasteiger partial charge in [-0.25, -0.2) is 9.59 Å². The van der Waals surface area contributed by atoms with Gasteiger partial charge in [0.15, 0.2) is 12.2 Å². The fourth-order valence-electron chi connectivity index (χ4n) is 0.270. The van der Waals surface area contributed by atoms with Gasteiger partial charge in [0.1, 0.15) is 0 Å². The Balaban J connectivity index is 0. The average molecular weight is 207 g/mol. The molecule has 82 valence electrons. The first-order valence-electron chi connectivity index (χ1n) is 3.53.